The van der Waals surface area contributed by atoms with E-state index in [1.807, 2.05) is 58.9 Å². The van der Waals surface area contributed by atoms with Gasteiger partial charge in [0, 0.05) is 19.4 Å². The monoisotopic (exact) mass is 575 g/mol. The first-order valence-electron chi connectivity index (χ1n) is 14.8. The Kier molecular flexibility index (Phi) is 14.1. The number of nitrogens with one attached hydrogen (secondary N) is 3. The van der Waals surface area contributed by atoms with E-state index in [0.29, 0.717) is 51.7 Å². The van der Waals surface area contributed by atoms with Gasteiger partial charge in [0.1, 0.15) is 17.4 Å². The number of benzene rings is 1. The van der Waals surface area contributed by atoms with E-state index < -0.39 is 35.4 Å². The van der Waals surface area contributed by atoms with Crippen LogP contribution in [-0.4, -0.2) is 53.7 Å². The van der Waals surface area contributed by atoms with Gasteiger partial charge in [0.2, 0.25) is 17.7 Å². The fourth-order valence-electron chi connectivity index (χ4n) is 4.90. The van der Waals surface area contributed by atoms with Crippen LogP contribution in [0.2, 0.25) is 0 Å². The zero-order valence-electron chi connectivity index (χ0n) is 25.3. The summed E-state index contributed by atoms with van der Waals surface area (Å²) < 4.78 is 11.6. The normalized spacial score (nSPS) is 20.3. The minimum absolute atomic E-state index is 0.147. The average molecular weight is 576 g/mol. The highest BCUT2D eigenvalue weighted by atomic mass is 16.6. The molecule has 3 amide bonds. The lowest BCUT2D eigenvalue weighted by atomic mass is 9.81. The van der Waals surface area contributed by atoms with E-state index in [1.54, 1.807) is 5.48 Å². The highest BCUT2D eigenvalue weighted by Crippen LogP contribution is 2.29. The lowest BCUT2D eigenvalue weighted by molar-refractivity contribution is -0.164. The van der Waals surface area contributed by atoms with Crippen LogP contribution < -0.4 is 20.9 Å². The number of carbonyl (C=O) groups is 4. The molecule has 1 aromatic rings. The Morgan fingerprint density at radius 2 is 1.80 bits per heavy atom. The summed E-state index contributed by atoms with van der Waals surface area (Å²) in [5.41, 5.74) is 1.79. The van der Waals surface area contributed by atoms with E-state index in [1.165, 1.54) is 0 Å². The van der Waals surface area contributed by atoms with Gasteiger partial charge < -0.3 is 20.1 Å². The van der Waals surface area contributed by atoms with E-state index in [-0.39, 0.29) is 30.6 Å². The van der Waals surface area contributed by atoms with Crippen molar-refractivity contribution >= 4 is 23.7 Å². The number of esters is 1. The minimum atomic E-state index is -0.839. The number of hydrogen-bond donors (Lipinski definition) is 4. The molecule has 0 saturated carbocycles. The fourth-order valence-corrected chi connectivity index (χ4v) is 4.90. The van der Waals surface area contributed by atoms with Crippen molar-refractivity contribution in [2.45, 2.75) is 104 Å². The van der Waals surface area contributed by atoms with E-state index in [4.69, 9.17) is 14.7 Å². The third kappa shape index (κ3) is 12.9. The Labute approximate surface area is 244 Å². The molecule has 2 bridgehead atoms. The predicted molar refractivity (Wildman–Crippen MR) is 155 cm³/mol. The molecule has 2 aliphatic rings. The predicted octanol–water partition coefficient (Wildman–Crippen LogP) is 4.08. The molecule has 0 aliphatic carbocycles. The van der Waals surface area contributed by atoms with Crippen LogP contribution in [0.25, 0.3) is 0 Å². The Bertz CT molecular complexity index is 988. The molecule has 230 valence electrons. The van der Waals surface area contributed by atoms with E-state index in [0.717, 1.165) is 17.7 Å². The van der Waals surface area contributed by atoms with Crippen LogP contribution in [0.1, 0.15) is 91.5 Å². The molecule has 0 unspecified atom stereocenters. The molecule has 1 aromatic carbocycles. The van der Waals surface area contributed by atoms with Crippen molar-refractivity contribution in [3.8, 4) is 5.75 Å². The molecular weight excluding hydrogens is 526 g/mol. The smallest absolute Gasteiger partial charge is 0.310 e. The molecule has 0 aromatic heterocycles. The summed E-state index contributed by atoms with van der Waals surface area (Å²) in [7, 11) is 0. The maximum atomic E-state index is 13.9. The lowest BCUT2D eigenvalue weighted by Crippen LogP contribution is -2.51. The quantitative estimate of drug-likeness (QED) is 0.142. The van der Waals surface area contributed by atoms with Gasteiger partial charge >= 0.3 is 5.97 Å². The maximum absolute atomic E-state index is 13.9. The van der Waals surface area contributed by atoms with Gasteiger partial charge in [-0.2, -0.15) is 0 Å². The van der Waals surface area contributed by atoms with Gasteiger partial charge in [-0.3, -0.25) is 24.4 Å². The second kappa shape index (κ2) is 17.0. The number of hydrogen-bond acceptors (Lipinski definition) is 7. The largest absolute Gasteiger partial charge is 0.494 e. The van der Waals surface area contributed by atoms with Crippen molar-refractivity contribution < 1.29 is 33.9 Å². The maximum Gasteiger partial charge on any atom is 0.310 e. The van der Waals surface area contributed by atoms with Crippen LogP contribution in [0.15, 0.2) is 24.3 Å². The van der Waals surface area contributed by atoms with Crippen molar-refractivity contribution in [3.63, 3.8) is 0 Å². The summed E-state index contributed by atoms with van der Waals surface area (Å²) >= 11 is 0. The lowest BCUT2D eigenvalue weighted by Gasteiger charge is -2.31. The summed E-state index contributed by atoms with van der Waals surface area (Å²) in [4.78, 5) is 51.7. The van der Waals surface area contributed by atoms with E-state index in [9.17, 15) is 19.2 Å². The molecule has 10 nitrogen and oxygen atoms in total. The highest BCUT2D eigenvalue weighted by Gasteiger charge is 2.38. The third-order valence-electron chi connectivity index (χ3n) is 6.94. The number of unbranched alkanes of at least 4 members (excludes halogenated alkanes) is 2. The number of ether oxygens (including phenoxy) is 2. The highest BCUT2D eigenvalue weighted by molar-refractivity contribution is 5.91. The standard InChI is InChI=1S/C31H49N3O7/c1-21(2)19-25-24(30(38)41-31(3,4)5)11-8-10-18-40-23-15-13-22(14-16-23)20-26(33-28(25)36)29(37)32-17-9-6-7-12-27(35)34-39/h13-16,21,24-26,39H,6-12,17-20H2,1-5H3,(H,32,37)(H,33,36)(H,34,35)/t24-,25-,26+/m1/s1. The summed E-state index contributed by atoms with van der Waals surface area (Å²) in [5.74, 6) is -1.89. The first-order chi connectivity index (χ1) is 19.4. The number of amides is 3. The molecule has 0 saturated heterocycles. The number of rotatable bonds is 10. The van der Waals surface area contributed by atoms with Crippen LogP contribution >= 0.6 is 0 Å². The molecule has 4 N–H and O–H groups in total. The molecule has 2 aliphatic heterocycles. The van der Waals surface area contributed by atoms with Crippen molar-refractivity contribution in [1.82, 2.24) is 16.1 Å². The van der Waals surface area contributed by atoms with Gasteiger partial charge in [-0.1, -0.05) is 32.4 Å². The molecule has 0 radical (unpaired) electrons. The van der Waals surface area contributed by atoms with Gasteiger partial charge in [0.15, 0.2) is 0 Å². The van der Waals surface area contributed by atoms with Crippen LogP contribution in [-0.2, 0) is 30.3 Å². The van der Waals surface area contributed by atoms with Gasteiger partial charge in [-0.05, 0) is 82.9 Å². The topological polar surface area (TPSA) is 143 Å². The zero-order chi connectivity index (χ0) is 30.4. The van der Waals surface area contributed by atoms with E-state index >= 15 is 0 Å². The summed E-state index contributed by atoms with van der Waals surface area (Å²) in [6.07, 6.45) is 4.79. The second-order valence-electron chi connectivity index (χ2n) is 12.3. The first kappa shape index (κ1) is 34.1. The van der Waals surface area contributed by atoms with Crippen LogP contribution in [0.4, 0.5) is 0 Å². The van der Waals surface area contributed by atoms with Crippen molar-refractivity contribution in [2.24, 2.45) is 17.8 Å². The average Bonchev–Trinajstić information content (AvgIpc) is 2.90. The molecule has 3 rings (SSSR count). The SMILES string of the molecule is CC(C)C[C@H]1C(=O)N[C@H](C(=O)NCCCCCC(=O)NO)Cc2ccc(cc2)OCCCC[C@H]1C(=O)OC(C)(C)C. The van der Waals surface area contributed by atoms with Gasteiger partial charge in [0.05, 0.1) is 18.4 Å². The van der Waals surface area contributed by atoms with Crippen molar-refractivity contribution in [3.05, 3.63) is 29.8 Å². The van der Waals surface area contributed by atoms with Crippen LogP contribution in [0.3, 0.4) is 0 Å². The first-order valence-corrected chi connectivity index (χ1v) is 14.8. The molecular formula is C31H49N3O7. The third-order valence-corrected chi connectivity index (χ3v) is 6.94. The van der Waals surface area contributed by atoms with Gasteiger partial charge in [-0.25, -0.2) is 5.48 Å². The number of hydroxylamine groups is 1. The van der Waals surface area contributed by atoms with E-state index in [2.05, 4.69) is 10.6 Å². The Balaban J connectivity index is 2.26. The van der Waals surface area contributed by atoms with Crippen LogP contribution in [0.5, 0.6) is 5.75 Å². The Hall–Kier alpha value is -3.14. The molecule has 10 heteroatoms. The molecule has 0 spiro atoms. The molecule has 3 atom stereocenters. The number of fused-ring (bicyclic) bond motifs is 12. The van der Waals surface area contributed by atoms with Gasteiger partial charge in [0.25, 0.3) is 0 Å². The van der Waals surface area contributed by atoms with Crippen molar-refractivity contribution in [2.75, 3.05) is 13.2 Å². The summed E-state index contributed by atoms with van der Waals surface area (Å²) in [6, 6.07) is 6.66. The summed E-state index contributed by atoms with van der Waals surface area (Å²) in [5, 5.41) is 14.5. The zero-order valence-corrected chi connectivity index (χ0v) is 25.3. The fraction of sp³-hybridized carbons (Fsp3) is 0.677. The second-order valence-corrected chi connectivity index (χ2v) is 12.3. The Morgan fingerprint density at radius 1 is 1.10 bits per heavy atom. The van der Waals surface area contributed by atoms with Crippen molar-refractivity contribution in [1.29, 1.82) is 0 Å². The van der Waals surface area contributed by atoms with Crippen LogP contribution in [0, 0.1) is 17.8 Å². The minimum Gasteiger partial charge on any atom is -0.494 e. The Morgan fingerprint density at radius 3 is 2.44 bits per heavy atom. The summed E-state index contributed by atoms with van der Waals surface area (Å²) in [6.45, 7) is 10.3. The van der Waals surface area contributed by atoms with Gasteiger partial charge in [-0.15, -0.1) is 0 Å². The molecule has 0 fully saturated rings. The number of carbonyl (C=O) groups excluding carboxylic acids is 4. The molecule has 2 heterocycles. The molecule has 41 heavy (non-hydrogen) atoms.